The molecule has 1 atom stereocenters. The molecule has 4 rings (SSSR count). The van der Waals surface area contributed by atoms with Crippen molar-refractivity contribution in [1.29, 1.82) is 0 Å². The van der Waals surface area contributed by atoms with E-state index >= 15 is 0 Å². The van der Waals surface area contributed by atoms with Crippen molar-refractivity contribution in [2.24, 2.45) is 11.3 Å². The Morgan fingerprint density at radius 3 is 2.77 bits per heavy atom. The first-order chi connectivity index (χ1) is 15.0. The number of aliphatic hydroxyl groups excluding tert-OH is 1. The largest absolute Gasteiger partial charge is 0.495 e. The molecule has 2 aliphatic rings. The van der Waals surface area contributed by atoms with E-state index in [1.165, 1.54) is 5.56 Å². The number of nitrogens with zero attached hydrogens (tertiary/aromatic N) is 1. The number of hydrogen-bond acceptors (Lipinski definition) is 5. The summed E-state index contributed by atoms with van der Waals surface area (Å²) in [4.78, 5) is 15.2. The number of ether oxygens (including phenoxy) is 2. The summed E-state index contributed by atoms with van der Waals surface area (Å²) in [6, 6.07) is 13.3. The van der Waals surface area contributed by atoms with Gasteiger partial charge in [0.15, 0.2) is 0 Å². The van der Waals surface area contributed by atoms with Gasteiger partial charge >= 0.3 is 0 Å². The second kappa shape index (κ2) is 9.47. The number of benzene rings is 2. The van der Waals surface area contributed by atoms with Crippen LogP contribution in [0.15, 0.2) is 42.5 Å². The molecule has 1 amide bonds. The minimum absolute atomic E-state index is 0.0126. The molecule has 1 spiro atoms. The summed E-state index contributed by atoms with van der Waals surface area (Å²) in [5, 5.41) is 12.4. The maximum atomic E-state index is 12.8. The fraction of sp³-hybridized carbons (Fsp3) is 0.458. The van der Waals surface area contributed by atoms with Crippen LogP contribution in [0.2, 0.25) is 5.02 Å². The van der Waals surface area contributed by atoms with Crippen molar-refractivity contribution >= 4 is 23.2 Å². The van der Waals surface area contributed by atoms with Crippen molar-refractivity contribution in [3.8, 4) is 11.5 Å². The number of aliphatic hydroxyl groups is 1. The second-order valence-electron chi connectivity index (χ2n) is 8.45. The monoisotopic (exact) mass is 444 g/mol. The molecule has 1 aliphatic carbocycles. The van der Waals surface area contributed by atoms with Gasteiger partial charge in [0.25, 0.3) is 0 Å². The van der Waals surface area contributed by atoms with Crippen molar-refractivity contribution in [3.63, 3.8) is 0 Å². The van der Waals surface area contributed by atoms with Crippen LogP contribution in [0, 0.1) is 11.3 Å². The Morgan fingerprint density at radius 2 is 2.06 bits per heavy atom. The molecule has 2 fully saturated rings. The number of nitrogens with one attached hydrogen (secondary N) is 1. The molecule has 2 N–H and O–H groups in total. The molecule has 0 radical (unpaired) electrons. The quantitative estimate of drug-likeness (QED) is 0.644. The lowest BCUT2D eigenvalue weighted by atomic mass is 9.90. The molecule has 2 aromatic carbocycles. The first kappa shape index (κ1) is 21.9. The van der Waals surface area contributed by atoms with Crippen molar-refractivity contribution < 1.29 is 19.4 Å². The molecular weight excluding hydrogens is 416 g/mol. The lowest BCUT2D eigenvalue weighted by Crippen LogP contribution is -2.35. The fourth-order valence-electron chi connectivity index (χ4n) is 4.56. The van der Waals surface area contributed by atoms with Crippen LogP contribution in [0.4, 0.5) is 5.69 Å². The van der Waals surface area contributed by atoms with Crippen LogP contribution in [0.25, 0.3) is 0 Å². The van der Waals surface area contributed by atoms with E-state index in [9.17, 15) is 4.79 Å². The molecule has 6 nitrogen and oxygen atoms in total. The van der Waals surface area contributed by atoms with Gasteiger partial charge in [0.1, 0.15) is 18.1 Å². The van der Waals surface area contributed by atoms with Gasteiger partial charge in [-0.05, 0) is 73.7 Å². The van der Waals surface area contributed by atoms with Crippen LogP contribution in [-0.4, -0.2) is 49.3 Å². The van der Waals surface area contributed by atoms with Crippen molar-refractivity contribution in [2.75, 3.05) is 38.7 Å². The summed E-state index contributed by atoms with van der Waals surface area (Å²) in [6.07, 6.45) is 3.03. The number of methoxy groups -OCH3 is 1. The number of carbonyl (C=O) groups excluding carboxylic acids is 1. The third kappa shape index (κ3) is 5.14. The van der Waals surface area contributed by atoms with Gasteiger partial charge in [0.05, 0.1) is 18.7 Å². The standard InChI is InChI=1S/C24H29ClN2O4/c1-30-22-6-5-18(14-21(22)25)26-23(29)20-15-24(20)7-9-27(10-8-24)16-17-3-2-4-19(13-17)31-12-11-28/h2-6,13-14,20,28H,7-12,15-16H2,1H3,(H,26,29). The third-order valence-corrected chi connectivity index (χ3v) is 6.74. The Hall–Kier alpha value is -2.28. The van der Waals surface area contributed by atoms with Crippen LogP contribution in [0.5, 0.6) is 11.5 Å². The summed E-state index contributed by atoms with van der Waals surface area (Å²) in [7, 11) is 1.57. The molecular formula is C24H29ClN2O4. The average molecular weight is 445 g/mol. The summed E-state index contributed by atoms with van der Waals surface area (Å²) in [6.45, 7) is 3.16. The van der Waals surface area contributed by atoms with Crippen LogP contribution in [0.3, 0.4) is 0 Å². The molecule has 31 heavy (non-hydrogen) atoms. The zero-order valence-corrected chi connectivity index (χ0v) is 18.5. The molecule has 166 valence electrons. The summed E-state index contributed by atoms with van der Waals surface area (Å²) >= 11 is 6.17. The normalized spacial score (nSPS) is 19.8. The van der Waals surface area contributed by atoms with Gasteiger partial charge in [-0.1, -0.05) is 23.7 Å². The Kier molecular flexibility index (Phi) is 6.70. The number of anilines is 1. The maximum absolute atomic E-state index is 12.8. The van der Waals surface area contributed by atoms with E-state index < -0.39 is 0 Å². The molecule has 1 saturated carbocycles. The van der Waals surface area contributed by atoms with Gasteiger partial charge in [-0.25, -0.2) is 0 Å². The van der Waals surface area contributed by atoms with Crippen molar-refractivity contribution in [3.05, 3.63) is 53.1 Å². The van der Waals surface area contributed by atoms with E-state index in [4.69, 9.17) is 26.2 Å². The van der Waals surface area contributed by atoms with Crippen molar-refractivity contribution in [2.45, 2.75) is 25.8 Å². The molecule has 2 aromatic rings. The highest BCUT2D eigenvalue weighted by molar-refractivity contribution is 6.32. The van der Waals surface area contributed by atoms with E-state index in [1.54, 1.807) is 19.2 Å². The minimum atomic E-state index is 0.0126. The maximum Gasteiger partial charge on any atom is 0.228 e. The third-order valence-electron chi connectivity index (χ3n) is 6.44. The molecule has 1 saturated heterocycles. The summed E-state index contributed by atoms with van der Waals surface area (Å²) < 4.78 is 10.7. The number of rotatable bonds is 8. The van der Waals surface area contributed by atoms with Gasteiger partial charge < -0.3 is 19.9 Å². The van der Waals surface area contributed by atoms with Gasteiger partial charge in [-0.3, -0.25) is 9.69 Å². The molecule has 1 unspecified atom stereocenters. The predicted octanol–water partition coefficient (Wildman–Crippen LogP) is 3.96. The summed E-state index contributed by atoms with van der Waals surface area (Å²) in [5.74, 6) is 1.55. The highest BCUT2D eigenvalue weighted by atomic mass is 35.5. The Labute approximate surface area is 188 Å². The van der Waals surface area contributed by atoms with E-state index in [0.29, 0.717) is 23.1 Å². The van der Waals surface area contributed by atoms with Crippen LogP contribution in [0.1, 0.15) is 24.8 Å². The summed E-state index contributed by atoms with van der Waals surface area (Å²) in [5.41, 5.74) is 2.05. The number of piperidine rings is 1. The van der Waals surface area contributed by atoms with Gasteiger partial charge in [-0.2, -0.15) is 0 Å². The van der Waals surface area contributed by atoms with Gasteiger partial charge in [0.2, 0.25) is 5.91 Å². The highest BCUT2D eigenvalue weighted by Gasteiger charge is 2.58. The van der Waals surface area contributed by atoms with Crippen LogP contribution >= 0.6 is 11.6 Å². The minimum Gasteiger partial charge on any atom is -0.495 e. The molecule has 1 aliphatic heterocycles. The Morgan fingerprint density at radius 1 is 1.26 bits per heavy atom. The van der Waals surface area contributed by atoms with Gasteiger partial charge in [0, 0.05) is 18.2 Å². The van der Waals surface area contributed by atoms with E-state index in [0.717, 1.165) is 44.6 Å². The van der Waals surface area contributed by atoms with E-state index in [-0.39, 0.29) is 23.8 Å². The van der Waals surface area contributed by atoms with Crippen LogP contribution in [-0.2, 0) is 11.3 Å². The van der Waals surface area contributed by atoms with Crippen LogP contribution < -0.4 is 14.8 Å². The number of amides is 1. The lowest BCUT2D eigenvalue weighted by Gasteiger charge is -2.33. The van der Waals surface area contributed by atoms with Gasteiger partial charge in [-0.15, -0.1) is 0 Å². The second-order valence-corrected chi connectivity index (χ2v) is 8.86. The molecule has 0 bridgehead atoms. The Bertz CT molecular complexity index is 928. The zero-order valence-electron chi connectivity index (χ0n) is 17.8. The topological polar surface area (TPSA) is 71.0 Å². The first-order valence-corrected chi connectivity index (χ1v) is 11.1. The molecule has 1 heterocycles. The van der Waals surface area contributed by atoms with Crippen molar-refractivity contribution in [1.82, 2.24) is 4.90 Å². The number of halogens is 1. The predicted molar refractivity (Wildman–Crippen MR) is 121 cm³/mol. The van der Waals surface area contributed by atoms with E-state index in [2.05, 4.69) is 16.3 Å². The Balaban J connectivity index is 1.27. The molecule has 7 heteroatoms. The molecule has 0 aromatic heterocycles. The fourth-order valence-corrected chi connectivity index (χ4v) is 4.81. The highest BCUT2D eigenvalue weighted by Crippen LogP contribution is 2.59. The van der Waals surface area contributed by atoms with E-state index in [1.807, 2.05) is 24.3 Å². The number of likely N-dealkylation sites (tertiary alicyclic amines) is 1. The zero-order chi connectivity index (χ0) is 21.8. The number of carbonyl (C=O) groups is 1. The average Bonchev–Trinajstić information content (AvgIpc) is 3.48. The lowest BCUT2D eigenvalue weighted by molar-refractivity contribution is -0.118. The smallest absolute Gasteiger partial charge is 0.228 e. The SMILES string of the molecule is COc1ccc(NC(=O)C2CC23CCN(Cc2cccc(OCCO)c2)CC3)cc1Cl. The number of hydrogen-bond donors (Lipinski definition) is 2. The first-order valence-electron chi connectivity index (χ1n) is 10.7.